The fourth-order valence-corrected chi connectivity index (χ4v) is 1.94. The van der Waals surface area contributed by atoms with Crippen LogP contribution in [0.1, 0.15) is 18.1 Å². The molecule has 0 heterocycles. The summed E-state index contributed by atoms with van der Waals surface area (Å²) in [7, 11) is 1.23. The van der Waals surface area contributed by atoms with Gasteiger partial charge in [0.05, 0.1) is 12.7 Å². The van der Waals surface area contributed by atoms with Crippen LogP contribution in [0.2, 0.25) is 0 Å². The maximum Gasteiger partial charge on any atom is 0.416 e. The summed E-state index contributed by atoms with van der Waals surface area (Å²) in [5.74, 6) is -0.509. The third kappa shape index (κ3) is 4.32. The average Bonchev–Trinajstić information content (AvgIpc) is 2.42. The lowest BCUT2D eigenvalue weighted by molar-refractivity contribution is -0.139. The van der Waals surface area contributed by atoms with E-state index in [1.165, 1.54) is 13.2 Å². The quantitative estimate of drug-likeness (QED) is 0.667. The van der Waals surface area contributed by atoms with E-state index in [0.29, 0.717) is 12.2 Å². The van der Waals surface area contributed by atoms with Gasteiger partial charge in [0.15, 0.2) is 0 Å². The summed E-state index contributed by atoms with van der Waals surface area (Å²) in [5, 5.41) is 0. The molecule has 0 unspecified atom stereocenters. The summed E-state index contributed by atoms with van der Waals surface area (Å²) in [4.78, 5) is 12.7. The minimum absolute atomic E-state index is 0.0746. The molecule has 4 nitrogen and oxygen atoms in total. The van der Waals surface area contributed by atoms with Crippen molar-refractivity contribution in [2.75, 3.05) is 25.1 Å². The van der Waals surface area contributed by atoms with E-state index in [9.17, 15) is 18.0 Å². The molecule has 0 aromatic heterocycles. The van der Waals surface area contributed by atoms with E-state index in [2.05, 4.69) is 4.74 Å². The number of alkyl halides is 3. The molecule has 0 bridgehead atoms. The van der Waals surface area contributed by atoms with Gasteiger partial charge >= 0.3 is 12.1 Å². The Bertz CT molecular complexity index is 547. The maximum atomic E-state index is 12.7. The van der Waals surface area contributed by atoms with Crippen LogP contribution in [0.4, 0.5) is 18.9 Å². The molecular formula is C13H15F3N2O2S. The number of ether oxygens (including phenoxy) is 1. The largest absolute Gasteiger partial charge is 0.468 e. The summed E-state index contributed by atoms with van der Waals surface area (Å²) < 4.78 is 42.8. The zero-order chi connectivity index (χ0) is 16.2. The molecule has 0 aliphatic rings. The van der Waals surface area contributed by atoms with Crippen molar-refractivity contribution in [2.24, 2.45) is 5.73 Å². The van der Waals surface area contributed by atoms with Gasteiger partial charge in [-0.05, 0) is 25.1 Å². The van der Waals surface area contributed by atoms with Crippen LogP contribution >= 0.6 is 12.2 Å². The first kappa shape index (κ1) is 17.2. The number of likely N-dealkylation sites (N-methyl/N-ethyl adjacent to an activating group) is 1. The molecule has 0 saturated carbocycles. The molecule has 0 atom stereocenters. The number of halogens is 3. The Labute approximate surface area is 125 Å². The van der Waals surface area contributed by atoms with Gasteiger partial charge in [-0.1, -0.05) is 12.2 Å². The number of nitrogens with two attached hydrogens (primary N) is 1. The molecule has 0 radical (unpaired) electrons. The Morgan fingerprint density at radius 3 is 2.48 bits per heavy atom. The van der Waals surface area contributed by atoms with Gasteiger partial charge in [-0.2, -0.15) is 13.2 Å². The molecule has 8 heteroatoms. The number of hydrogen-bond donors (Lipinski definition) is 1. The molecule has 0 fully saturated rings. The lowest BCUT2D eigenvalue weighted by Gasteiger charge is -2.25. The van der Waals surface area contributed by atoms with Gasteiger partial charge in [0.25, 0.3) is 0 Å². The van der Waals surface area contributed by atoms with Gasteiger partial charge < -0.3 is 15.4 Å². The molecule has 1 aromatic carbocycles. The molecule has 0 spiro atoms. The summed E-state index contributed by atoms with van der Waals surface area (Å²) in [6, 6.07) is 3.07. The topological polar surface area (TPSA) is 55.6 Å². The van der Waals surface area contributed by atoms with Crippen LogP contribution in [-0.4, -0.2) is 31.2 Å². The number of hydrogen-bond acceptors (Lipinski definition) is 4. The van der Waals surface area contributed by atoms with E-state index >= 15 is 0 Å². The molecule has 116 valence electrons. The highest BCUT2D eigenvalue weighted by Gasteiger charge is 2.31. The first-order valence-corrected chi connectivity index (χ1v) is 6.44. The number of carbonyl (C=O) groups excluding carboxylic acids is 1. The predicted molar refractivity (Wildman–Crippen MR) is 77.2 cm³/mol. The number of esters is 1. The van der Waals surface area contributed by atoms with Gasteiger partial charge in [-0.3, -0.25) is 4.79 Å². The molecule has 1 aromatic rings. The third-order valence-electron chi connectivity index (χ3n) is 2.86. The van der Waals surface area contributed by atoms with E-state index in [1.807, 2.05) is 0 Å². The van der Waals surface area contributed by atoms with E-state index in [4.69, 9.17) is 18.0 Å². The highest BCUT2D eigenvalue weighted by Crippen LogP contribution is 2.33. The van der Waals surface area contributed by atoms with Gasteiger partial charge in [0.1, 0.15) is 11.5 Å². The minimum atomic E-state index is -4.49. The fraction of sp³-hybridized carbons (Fsp3) is 0.385. The monoisotopic (exact) mass is 320 g/mol. The Morgan fingerprint density at radius 1 is 1.43 bits per heavy atom. The Balaban J connectivity index is 3.28. The predicted octanol–water partition coefficient (Wildman–Crippen LogP) is 2.34. The summed E-state index contributed by atoms with van der Waals surface area (Å²) >= 11 is 4.81. The van der Waals surface area contributed by atoms with Crippen LogP contribution < -0.4 is 10.6 Å². The average molecular weight is 320 g/mol. The minimum Gasteiger partial charge on any atom is -0.468 e. The maximum absolute atomic E-state index is 12.7. The van der Waals surface area contributed by atoms with Crippen molar-refractivity contribution in [2.45, 2.75) is 13.1 Å². The number of nitrogens with zero attached hydrogens (tertiary/aromatic N) is 1. The molecule has 2 N–H and O–H groups in total. The normalized spacial score (nSPS) is 11.1. The molecule has 0 amide bonds. The second-order valence-electron chi connectivity index (χ2n) is 4.18. The second-order valence-corrected chi connectivity index (χ2v) is 4.62. The SMILES string of the molecule is CCN(CC(=O)OC)c1ccc(C(F)(F)F)cc1C(N)=S. The van der Waals surface area contributed by atoms with Crippen molar-refractivity contribution in [3.63, 3.8) is 0 Å². The Morgan fingerprint density at radius 2 is 2.05 bits per heavy atom. The van der Waals surface area contributed by atoms with Gasteiger partial charge in [0, 0.05) is 17.8 Å². The van der Waals surface area contributed by atoms with Crippen molar-refractivity contribution < 1.29 is 22.7 Å². The first-order chi connectivity index (χ1) is 9.70. The highest BCUT2D eigenvalue weighted by molar-refractivity contribution is 7.80. The standard InChI is InChI=1S/C13H15F3N2O2S/c1-3-18(7-11(19)20-2)10-5-4-8(13(14,15)16)6-9(10)12(17)21/h4-6H,3,7H2,1-2H3,(H2,17,21). The van der Waals surface area contributed by atoms with Crippen LogP contribution in [0.5, 0.6) is 0 Å². The number of methoxy groups -OCH3 is 1. The van der Waals surface area contributed by atoms with Crippen LogP contribution in [0, 0.1) is 0 Å². The van der Waals surface area contributed by atoms with Gasteiger partial charge in [-0.25, -0.2) is 0 Å². The zero-order valence-corrected chi connectivity index (χ0v) is 12.3. The molecule has 0 saturated heterocycles. The van der Waals surface area contributed by atoms with Crippen molar-refractivity contribution >= 4 is 28.9 Å². The summed E-state index contributed by atoms with van der Waals surface area (Å²) in [6.45, 7) is 2.04. The molecule has 0 aliphatic carbocycles. The lowest BCUT2D eigenvalue weighted by atomic mass is 10.1. The van der Waals surface area contributed by atoms with Crippen molar-refractivity contribution in [1.29, 1.82) is 0 Å². The van der Waals surface area contributed by atoms with Gasteiger partial charge in [0.2, 0.25) is 0 Å². The second kappa shape index (κ2) is 6.75. The summed E-state index contributed by atoms with van der Waals surface area (Å²) in [5.41, 5.74) is 5.10. The van der Waals surface area contributed by atoms with Crippen molar-refractivity contribution in [1.82, 2.24) is 0 Å². The van der Waals surface area contributed by atoms with Crippen LogP contribution in [-0.2, 0) is 15.7 Å². The molecule has 0 aliphatic heterocycles. The number of anilines is 1. The highest BCUT2D eigenvalue weighted by atomic mass is 32.1. The van der Waals surface area contributed by atoms with Gasteiger partial charge in [-0.15, -0.1) is 0 Å². The van der Waals surface area contributed by atoms with Crippen LogP contribution in [0.3, 0.4) is 0 Å². The smallest absolute Gasteiger partial charge is 0.416 e. The number of benzene rings is 1. The lowest BCUT2D eigenvalue weighted by Crippen LogP contribution is -2.32. The zero-order valence-electron chi connectivity index (χ0n) is 11.5. The van der Waals surface area contributed by atoms with Crippen molar-refractivity contribution in [3.05, 3.63) is 29.3 Å². The summed E-state index contributed by atoms with van der Waals surface area (Å²) in [6.07, 6.45) is -4.49. The molecule has 21 heavy (non-hydrogen) atoms. The molecular weight excluding hydrogens is 305 g/mol. The van der Waals surface area contributed by atoms with Crippen LogP contribution in [0.15, 0.2) is 18.2 Å². The Hall–Kier alpha value is -1.83. The van der Waals surface area contributed by atoms with Crippen molar-refractivity contribution in [3.8, 4) is 0 Å². The number of carbonyl (C=O) groups is 1. The number of thiocarbonyl (C=S) groups is 1. The third-order valence-corrected chi connectivity index (χ3v) is 3.08. The van der Waals surface area contributed by atoms with E-state index in [0.717, 1.165) is 12.1 Å². The van der Waals surface area contributed by atoms with Crippen LogP contribution in [0.25, 0.3) is 0 Å². The van der Waals surface area contributed by atoms with E-state index < -0.39 is 17.7 Å². The van der Waals surface area contributed by atoms with E-state index in [-0.39, 0.29) is 17.1 Å². The fourth-order valence-electron chi connectivity index (χ4n) is 1.77. The molecule has 1 rings (SSSR count). The Kier molecular flexibility index (Phi) is 5.54. The first-order valence-electron chi connectivity index (χ1n) is 6.03. The number of rotatable bonds is 5. The van der Waals surface area contributed by atoms with E-state index in [1.54, 1.807) is 11.8 Å².